The van der Waals surface area contributed by atoms with Crippen LogP contribution in [0.4, 0.5) is 5.69 Å². The summed E-state index contributed by atoms with van der Waals surface area (Å²) in [6.07, 6.45) is 4.73. The van der Waals surface area contributed by atoms with Crippen molar-refractivity contribution in [2.75, 3.05) is 5.32 Å². The molecule has 5 heteroatoms. The summed E-state index contributed by atoms with van der Waals surface area (Å²) in [7, 11) is 2.02. The molecule has 0 aliphatic heterocycles. The van der Waals surface area contributed by atoms with Gasteiger partial charge in [0.2, 0.25) is 5.91 Å². The van der Waals surface area contributed by atoms with E-state index in [0.717, 1.165) is 53.8 Å². The van der Waals surface area contributed by atoms with Crippen LogP contribution in [0, 0.1) is 0 Å². The van der Waals surface area contributed by atoms with Crippen LogP contribution in [0.2, 0.25) is 0 Å². The number of nitrogens with zero attached hydrogens (tertiary/aromatic N) is 2. The van der Waals surface area contributed by atoms with Crippen LogP contribution in [0.1, 0.15) is 32.1 Å². The fraction of sp³-hybridized carbons (Fsp3) is 0.333. The first-order valence-electron chi connectivity index (χ1n) is 9.19. The van der Waals surface area contributed by atoms with E-state index in [1.807, 2.05) is 49.5 Å². The highest BCUT2D eigenvalue weighted by molar-refractivity contribution is 5.98. The Hall–Kier alpha value is -2.66. The van der Waals surface area contributed by atoms with Gasteiger partial charge in [-0.15, -0.1) is 0 Å². The first kappa shape index (κ1) is 16.8. The van der Waals surface area contributed by atoms with Gasteiger partial charge < -0.3 is 15.6 Å². The number of nitrogens with two attached hydrogens (primary N) is 1. The van der Waals surface area contributed by atoms with E-state index in [4.69, 9.17) is 10.7 Å². The highest BCUT2D eigenvalue weighted by Gasteiger charge is 2.35. The van der Waals surface area contributed by atoms with Crippen LogP contribution in [0.3, 0.4) is 0 Å². The van der Waals surface area contributed by atoms with Gasteiger partial charge in [0, 0.05) is 18.3 Å². The number of aromatic nitrogens is 2. The van der Waals surface area contributed by atoms with Gasteiger partial charge in [0.1, 0.15) is 5.82 Å². The lowest BCUT2D eigenvalue weighted by Gasteiger charge is -2.31. The van der Waals surface area contributed by atoms with Gasteiger partial charge in [0.15, 0.2) is 0 Å². The molecule has 1 aliphatic carbocycles. The number of hydrogen-bond donors (Lipinski definition) is 2. The predicted molar refractivity (Wildman–Crippen MR) is 105 cm³/mol. The lowest BCUT2D eigenvalue weighted by atomic mass is 9.82. The number of rotatable bonds is 3. The van der Waals surface area contributed by atoms with Crippen molar-refractivity contribution in [3.63, 3.8) is 0 Å². The number of para-hydroxylation sites is 2. The molecule has 1 aliphatic rings. The molecule has 5 nitrogen and oxygen atoms in total. The summed E-state index contributed by atoms with van der Waals surface area (Å²) in [6, 6.07) is 15.9. The number of aryl methyl sites for hydroxylation is 1. The van der Waals surface area contributed by atoms with E-state index in [0.29, 0.717) is 0 Å². The first-order valence-corrected chi connectivity index (χ1v) is 9.19. The number of fused-ring (bicyclic) bond motifs is 1. The number of carbonyl (C=O) groups excluding carboxylic acids is 1. The molecule has 0 saturated heterocycles. The number of anilines is 1. The van der Waals surface area contributed by atoms with E-state index < -0.39 is 5.54 Å². The molecule has 1 fully saturated rings. The van der Waals surface area contributed by atoms with Crippen LogP contribution < -0.4 is 11.1 Å². The van der Waals surface area contributed by atoms with Gasteiger partial charge in [-0.25, -0.2) is 4.98 Å². The van der Waals surface area contributed by atoms with E-state index in [1.165, 1.54) is 6.42 Å². The molecule has 3 aromatic rings. The zero-order valence-electron chi connectivity index (χ0n) is 15.0. The summed E-state index contributed by atoms with van der Waals surface area (Å²) in [5.74, 6) is 0.833. The standard InChI is InChI=1S/C21H24N4O/c1-25-18-8-4-3-7-17(18)24-19(25)15-9-11-16(12-10-15)23-20(26)21(22)13-5-2-6-14-21/h3-4,7-12H,2,5-6,13-14,22H2,1H3,(H,23,26). The number of amides is 1. The summed E-state index contributed by atoms with van der Waals surface area (Å²) in [4.78, 5) is 17.3. The minimum Gasteiger partial charge on any atom is -0.327 e. The normalized spacial score (nSPS) is 16.5. The second-order valence-electron chi connectivity index (χ2n) is 7.23. The molecule has 1 amide bonds. The maximum atomic E-state index is 12.6. The number of hydrogen-bond acceptors (Lipinski definition) is 3. The van der Waals surface area contributed by atoms with Crippen LogP contribution in [0.15, 0.2) is 48.5 Å². The fourth-order valence-corrected chi connectivity index (χ4v) is 3.77. The molecule has 0 atom stereocenters. The van der Waals surface area contributed by atoms with Crippen molar-refractivity contribution in [2.45, 2.75) is 37.6 Å². The second kappa shape index (κ2) is 6.57. The van der Waals surface area contributed by atoms with Gasteiger partial charge in [0.05, 0.1) is 16.6 Å². The Balaban J connectivity index is 1.55. The largest absolute Gasteiger partial charge is 0.327 e. The Bertz CT molecular complexity index is 936. The molecule has 26 heavy (non-hydrogen) atoms. The quantitative estimate of drug-likeness (QED) is 0.755. The SMILES string of the molecule is Cn1c(-c2ccc(NC(=O)C3(N)CCCCC3)cc2)nc2ccccc21. The van der Waals surface area contributed by atoms with E-state index in [2.05, 4.69) is 16.0 Å². The van der Waals surface area contributed by atoms with Gasteiger partial charge in [-0.2, -0.15) is 0 Å². The fourth-order valence-electron chi connectivity index (χ4n) is 3.77. The topological polar surface area (TPSA) is 72.9 Å². The van der Waals surface area contributed by atoms with Crippen LogP contribution in [0.5, 0.6) is 0 Å². The Kier molecular flexibility index (Phi) is 4.24. The van der Waals surface area contributed by atoms with Crippen molar-refractivity contribution in [1.29, 1.82) is 0 Å². The van der Waals surface area contributed by atoms with Crippen molar-refractivity contribution >= 4 is 22.6 Å². The number of benzene rings is 2. The highest BCUT2D eigenvalue weighted by atomic mass is 16.2. The van der Waals surface area contributed by atoms with Crippen molar-refractivity contribution in [1.82, 2.24) is 9.55 Å². The molecule has 4 rings (SSSR count). The lowest BCUT2D eigenvalue weighted by Crippen LogP contribution is -2.52. The Morgan fingerprint density at radius 2 is 1.77 bits per heavy atom. The van der Waals surface area contributed by atoms with E-state index in [9.17, 15) is 4.79 Å². The zero-order valence-corrected chi connectivity index (χ0v) is 15.0. The van der Waals surface area contributed by atoms with E-state index in [1.54, 1.807) is 0 Å². The molecule has 134 valence electrons. The van der Waals surface area contributed by atoms with E-state index in [-0.39, 0.29) is 5.91 Å². The number of nitrogens with one attached hydrogen (secondary N) is 1. The highest BCUT2D eigenvalue weighted by Crippen LogP contribution is 2.28. The van der Waals surface area contributed by atoms with Crippen molar-refractivity contribution < 1.29 is 4.79 Å². The van der Waals surface area contributed by atoms with Crippen molar-refractivity contribution in [3.8, 4) is 11.4 Å². The lowest BCUT2D eigenvalue weighted by molar-refractivity contribution is -0.122. The van der Waals surface area contributed by atoms with Crippen molar-refractivity contribution in [3.05, 3.63) is 48.5 Å². The van der Waals surface area contributed by atoms with Crippen LogP contribution in [0.25, 0.3) is 22.4 Å². The third-order valence-electron chi connectivity index (χ3n) is 5.39. The van der Waals surface area contributed by atoms with Gasteiger partial charge in [-0.3, -0.25) is 4.79 Å². The molecule has 2 aromatic carbocycles. The minimum absolute atomic E-state index is 0.0762. The van der Waals surface area contributed by atoms with Gasteiger partial charge in [-0.05, 0) is 49.2 Å². The molecule has 0 unspecified atom stereocenters. The first-order chi connectivity index (χ1) is 12.6. The van der Waals surface area contributed by atoms with Crippen molar-refractivity contribution in [2.24, 2.45) is 12.8 Å². The van der Waals surface area contributed by atoms with Crippen LogP contribution in [-0.4, -0.2) is 21.0 Å². The summed E-state index contributed by atoms with van der Waals surface area (Å²) in [5, 5.41) is 2.98. The minimum atomic E-state index is -0.728. The average molecular weight is 348 g/mol. The van der Waals surface area contributed by atoms with Gasteiger partial charge in [0.25, 0.3) is 0 Å². The third-order valence-corrected chi connectivity index (χ3v) is 5.39. The molecular formula is C21H24N4O. The third kappa shape index (κ3) is 2.99. The van der Waals surface area contributed by atoms with Gasteiger partial charge in [-0.1, -0.05) is 31.4 Å². The summed E-state index contributed by atoms with van der Waals surface area (Å²) in [5.41, 5.74) is 9.44. The molecule has 1 heterocycles. The number of carbonyl (C=O) groups is 1. The zero-order chi connectivity index (χ0) is 18.1. The molecule has 1 aromatic heterocycles. The molecule has 0 spiro atoms. The summed E-state index contributed by atoms with van der Waals surface area (Å²) < 4.78 is 2.08. The Morgan fingerprint density at radius 1 is 1.08 bits per heavy atom. The van der Waals surface area contributed by atoms with E-state index >= 15 is 0 Å². The Morgan fingerprint density at radius 3 is 2.46 bits per heavy atom. The second-order valence-corrected chi connectivity index (χ2v) is 7.23. The van der Waals surface area contributed by atoms with Crippen LogP contribution in [-0.2, 0) is 11.8 Å². The molecule has 0 radical (unpaired) electrons. The molecule has 1 saturated carbocycles. The summed E-state index contributed by atoms with van der Waals surface area (Å²) >= 11 is 0. The summed E-state index contributed by atoms with van der Waals surface area (Å²) in [6.45, 7) is 0. The maximum Gasteiger partial charge on any atom is 0.244 e. The van der Waals surface area contributed by atoms with Gasteiger partial charge >= 0.3 is 0 Å². The average Bonchev–Trinajstić information content (AvgIpc) is 3.00. The molecule has 0 bridgehead atoms. The smallest absolute Gasteiger partial charge is 0.244 e. The molecule has 3 N–H and O–H groups in total. The predicted octanol–water partition coefficient (Wildman–Crippen LogP) is 3.84. The monoisotopic (exact) mass is 348 g/mol. The molecular weight excluding hydrogens is 324 g/mol. The van der Waals surface area contributed by atoms with Crippen LogP contribution >= 0.6 is 0 Å². The maximum absolute atomic E-state index is 12.6. The number of imidazole rings is 1. The Labute approximate surface area is 153 Å².